The number of rotatable bonds is 7. The molecule has 0 aliphatic heterocycles. The highest BCUT2D eigenvalue weighted by Gasteiger charge is 2.16. The topological polar surface area (TPSA) is 97.5 Å². The van der Waals surface area contributed by atoms with Gasteiger partial charge in [-0.05, 0) is 42.2 Å². The lowest BCUT2D eigenvalue weighted by molar-refractivity contribution is -0.137. The van der Waals surface area contributed by atoms with E-state index in [0.717, 1.165) is 5.56 Å². The van der Waals surface area contributed by atoms with Gasteiger partial charge in [-0.1, -0.05) is 30.3 Å². The van der Waals surface area contributed by atoms with Crippen molar-refractivity contribution in [2.24, 2.45) is 0 Å². The summed E-state index contributed by atoms with van der Waals surface area (Å²) in [6.07, 6.45) is 1.16. The Balaban J connectivity index is 2.17. The Morgan fingerprint density at radius 1 is 1.09 bits per heavy atom. The summed E-state index contributed by atoms with van der Waals surface area (Å²) in [6, 6.07) is 13.5. The van der Waals surface area contributed by atoms with Crippen molar-refractivity contribution in [2.45, 2.75) is 29.9 Å². The molecule has 0 saturated carbocycles. The molecule has 2 aromatic rings. The number of carboxylic acid groups (broad SMARTS) is 1. The average molecular weight is 333 g/mol. The first kappa shape index (κ1) is 17.0. The summed E-state index contributed by atoms with van der Waals surface area (Å²) in [4.78, 5) is 10.8. The molecule has 5 nitrogen and oxygen atoms in total. The number of carboxylic acids is 1. The molecule has 23 heavy (non-hydrogen) atoms. The van der Waals surface area contributed by atoms with E-state index in [9.17, 15) is 13.2 Å². The Morgan fingerprint density at radius 3 is 2.43 bits per heavy atom. The fourth-order valence-electron chi connectivity index (χ4n) is 2.30. The van der Waals surface area contributed by atoms with Gasteiger partial charge in [-0.15, -0.1) is 0 Å². The maximum atomic E-state index is 12.4. The van der Waals surface area contributed by atoms with Crippen molar-refractivity contribution in [3.05, 3.63) is 59.7 Å². The third-order valence-corrected chi connectivity index (χ3v) is 5.19. The van der Waals surface area contributed by atoms with E-state index in [1.807, 2.05) is 0 Å². The maximum Gasteiger partial charge on any atom is 0.303 e. The Bertz CT molecular complexity index is 785. The zero-order chi connectivity index (χ0) is 16.9. The number of anilines is 1. The average Bonchev–Trinajstić information content (AvgIpc) is 2.51. The van der Waals surface area contributed by atoms with Crippen molar-refractivity contribution in [1.82, 2.24) is 0 Å². The second-order valence-corrected chi connectivity index (χ2v) is 7.34. The van der Waals surface area contributed by atoms with E-state index in [2.05, 4.69) is 0 Å². The number of sulfone groups is 1. The van der Waals surface area contributed by atoms with Crippen molar-refractivity contribution >= 4 is 21.5 Å². The van der Waals surface area contributed by atoms with Crippen LogP contribution in [0.4, 0.5) is 5.69 Å². The fourth-order valence-corrected chi connectivity index (χ4v) is 3.70. The third kappa shape index (κ3) is 4.82. The largest absolute Gasteiger partial charge is 0.481 e. The first-order valence-corrected chi connectivity index (χ1v) is 8.90. The number of carbonyl (C=O) groups is 1. The molecule has 0 fully saturated rings. The lowest BCUT2D eigenvalue weighted by Gasteiger charge is -2.10. The molecule has 122 valence electrons. The van der Waals surface area contributed by atoms with E-state index < -0.39 is 15.8 Å². The predicted molar refractivity (Wildman–Crippen MR) is 88.8 cm³/mol. The van der Waals surface area contributed by atoms with Gasteiger partial charge in [0.25, 0.3) is 0 Å². The number of hydrogen-bond donors (Lipinski definition) is 2. The lowest BCUT2D eigenvalue weighted by atomic mass is 10.0. The summed E-state index contributed by atoms with van der Waals surface area (Å²) < 4.78 is 24.9. The number of aliphatic carboxylic acids is 1. The Kier molecular flexibility index (Phi) is 5.39. The SMILES string of the molecule is Nc1ccc(CCCC(=O)O)cc1CS(=O)(=O)c1ccccc1. The maximum absolute atomic E-state index is 12.4. The van der Waals surface area contributed by atoms with Crippen LogP contribution in [0.1, 0.15) is 24.0 Å². The number of aryl methyl sites for hydroxylation is 1. The standard InChI is InChI=1S/C17H19NO4S/c18-16-10-9-13(5-4-8-17(19)20)11-14(16)12-23(21,22)15-6-2-1-3-7-15/h1-3,6-7,9-11H,4-5,8,12,18H2,(H,19,20). The molecule has 0 aliphatic rings. The number of benzene rings is 2. The van der Waals surface area contributed by atoms with Crippen LogP contribution in [0.3, 0.4) is 0 Å². The van der Waals surface area contributed by atoms with Crippen LogP contribution in [0.15, 0.2) is 53.4 Å². The molecule has 0 radical (unpaired) electrons. The van der Waals surface area contributed by atoms with Crippen LogP contribution >= 0.6 is 0 Å². The Morgan fingerprint density at radius 2 is 1.78 bits per heavy atom. The van der Waals surface area contributed by atoms with Gasteiger partial charge in [0.15, 0.2) is 9.84 Å². The normalized spacial score (nSPS) is 11.3. The van der Waals surface area contributed by atoms with Crippen LogP contribution in [0.25, 0.3) is 0 Å². The molecule has 6 heteroatoms. The predicted octanol–water partition coefficient (Wildman–Crippen LogP) is 2.65. The van der Waals surface area contributed by atoms with Crippen molar-refractivity contribution in [1.29, 1.82) is 0 Å². The molecule has 0 saturated heterocycles. The van der Waals surface area contributed by atoms with Gasteiger partial charge < -0.3 is 10.8 Å². The highest BCUT2D eigenvalue weighted by molar-refractivity contribution is 7.90. The van der Waals surface area contributed by atoms with Gasteiger partial charge in [0.1, 0.15) is 0 Å². The first-order valence-electron chi connectivity index (χ1n) is 7.25. The van der Waals surface area contributed by atoms with E-state index in [-0.39, 0.29) is 17.1 Å². The lowest BCUT2D eigenvalue weighted by Crippen LogP contribution is -2.07. The highest BCUT2D eigenvalue weighted by atomic mass is 32.2. The smallest absolute Gasteiger partial charge is 0.303 e. The highest BCUT2D eigenvalue weighted by Crippen LogP contribution is 2.22. The Hall–Kier alpha value is -2.34. The first-order chi connectivity index (χ1) is 10.9. The van der Waals surface area contributed by atoms with Crippen molar-refractivity contribution in [3.63, 3.8) is 0 Å². The summed E-state index contributed by atoms with van der Waals surface area (Å²) in [5.74, 6) is -1.01. The minimum Gasteiger partial charge on any atom is -0.481 e. The van der Waals surface area contributed by atoms with Gasteiger partial charge in [-0.25, -0.2) is 8.42 Å². The molecule has 0 aromatic heterocycles. The van der Waals surface area contributed by atoms with Gasteiger partial charge in [0.2, 0.25) is 0 Å². The molecule has 0 atom stereocenters. The number of nitrogen functional groups attached to an aromatic ring is 1. The zero-order valence-electron chi connectivity index (χ0n) is 12.6. The molecule has 0 heterocycles. The van der Waals surface area contributed by atoms with Crippen molar-refractivity contribution in [2.75, 3.05) is 5.73 Å². The number of nitrogens with two attached hydrogens (primary N) is 1. The number of hydrogen-bond acceptors (Lipinski definition) is 4. The second kappa shape index (κ2) is 7.28. The summed E-state index contributed by atoms with van der Waals surface area (Å²) in [5.41, 5.74) is 7.75. The zero-order valence-corrected chi connectivity index (χ0v) is 13.4. The fraction of sp³-hybridized carbons (Fsp3) is 0.235. The molecule has 3 N–H and O–H groups in total. The minimum absolute atomic E-state index is 0.0853. The minimum atomic E-state index is -3.46. The molecule has 0 aliphatic carbocycles. The molecular formula is C17H19NO4S. The molecule has 2 aromatic carbocycles. The molecule has 0 unspecified atom stereocenters. The van der Waals surface area contributed by atoms with E-state index in [4.69, 9.17) is 10.8 Å². The summed E-state index contributed by atoms with van der Waals surface area (Å²) >= 11 is 0. The van der Waals surface area contributed by atoms with Gasteiger partial charge in [0, 0.05) is 12.1 Å². The van der Waals surface area contributed by atoms with Crippen LogP contribution < -0.4 is 5.73 Å². The Labute approximate surface area is 135 Å². The summed E-state index contributed by atoms with van der Waals surface area (Å²) in [7, 11) is -3.46. The molecule has 2 rings (SSSR count). The van der Waals surface area contributed by atoms with Crippen LogP contribution in [-0.2, 0) is 26.8 Å². The van der Waals surface area contributed by atoms with Crippen molar-refractivity contribution < 1.29 is 18.3 Å². The molecule has 0 amide bonds. The van der Waals surface area contributed by atoms with Gasteiger partial charge in [0.05, 0.1) is 10.6 Å². The second-order valence-electron chi connectivity index (χ2n) is 5.35. The van der Waals surface area contributed by atoms with Crippen molar-refractivity contribution in [3.8, 4) is 0 Å². The van der Waals surface area contributed by atoms with Crippen LogP contribution in [0, 0.1) is 0 Å². The van der Waals surface area contributed by atoms with E-state index in [1.54, 1.807) is 48.5 Å². The van der Waals surface area contributed by atoms with Crippen LogP contribution in [0.2, 0.25) is 0 Å². The van der Waals surface area contributed by atoms with E-state index >= 15 is 0 Å². The quantitative estimate of drug-likeness (QED) is 0.759. The third-order valence-electron chi connectivity index (χ3n) is 3.51. The van der Waals surface area contributed by atoms with Gasteiger partial charge in [-0.3, -0.25) is 4.79 Å². The van der Waals surface area contributed by atoms with Gasteiger partial charge >= 0.3 is 5.97 Å². The van der Waals surface area contributed by atoms with E-state index in [1.165, 1.54) is 0 Å². The molecule has 0 spiro atoms. The summed E-state index contributed by atoms with van der Waals surface area (Å²) in [6.45, 7) is 0. The van der Waals surface area contributed by atoms with Crippen LogP contribution in [0.5, 0.6) is 0 Å². The molecule has 0 bridgehead atoms. The van der Waals surface area contributed by atoms with E-state index in [0.29, 0.717) is 24.1 Å². The monoisotopic (exact) mass is 333 g/mol. The summed E-state index contributed by atoms with van der Waals surface area (Å²) in [5, 5.41) is 8.67. The van der Waals surface area contributed by atoms with Crippen LogP contribution in [-0.4, -0.2) is 19.5 Å². The molecular weight excluding hydrogens is 314 g/mol. The van der Waals surface area contributed by atoms with Gasteiger partial charge in [-0.2, -0.15) is 0 Å².